The molecule has 6 nitrogen and oxygen atoms in total. The van der Waals surface area contributed by atoms with Crippen molar-refractivity contribution in [2.75, 3.05) is 5.32 Å². The van der Waals surface area contributed by atoms with Crippen molar-refractivity contribution in [2.24, 2.45) is 0 Å². The van der Waals surface area contributed by atoms with Crippen LogP contribution in [0.3, 0.4) is 0 Å². The molecule has 2 aromatic heterocycles. The highest BCUT2D eigenvalue weighted by Crippen LogP contribution is 2.29. The smallest absolute Gasteiger partial charge is 0.224 e. The summed E-state index contributed by atoms with van der Waals surface area (Å²) in [4.78, 5) is 32.4. The van der Waals surface area contributed by atoms with E-state index in [0.717, 1.165) is 39.8 Å². The van der Waals surface area contributed by atoms with E-state index in [1.54, 1.807) is 6.20 Å². The standard InChI is InChI=1S/C28H28N4O2/c1-2-3-7-18-10-12-19(13-11-18)15-29-24-25(27(34)26(24)33)32-23-17-31-28-22(23)14-21(16-30-28)20-8-5-4-6-9-20/h4-6,8-14,16-17,24-25,29,32H,2-3,7,15H2,1H3,(H,30,31). The second kappa shape index (κ2) is 9.61. The zero-order valence-electron chi connectivity index (χ0n) is 19.2. The minimum Gasteiger partial charge on any atom is -0.371 e. The van der Waals surface area contributed by atoms with E-state index < -0.39 is 17.9 Å². The quantitative estimate of drug-likeness (QED) is 0.322. The van der Waals surface area contributed by atoms with Crippen LogP contribution in [0.15, 0.2) is 73.1 Å². The number of aryl methyl sites for hydroxylation is 1. The molecule has 1 aliphatic rings. The van der Waals surface area contributed by atoms with Crippen LogP contribution < -0.4 is 10.6 Å². The molecular formula is C28H28N4O2. The minimum atomic E-state index is -0.601. The van der Waals surface area contributed by atoms with Gasteiger partial charge >= 0.3 is 0 Å². The summed E-state index contributed by atoms with van der Waals surface area (Å²) in [5, 5.41) is 7.43. The van der Waals surface area contributed by atoms with Gasteiger partial charge < -0.3 is 15.6 Å². The second-order valence-electron chi connectivity index (χ2n) is 8.82. The van der Waals surface area contributed by atoms with Crippen molar-refractivity contribution in [2.45, 2.75) is 44.8 Å². The van der Waals surface area contributed by atoms with Gasteiger partial charge in [0.15, 0.2) is 0 Å². The van der Waals surface area contributed by atoms with Crippen LogP contribution in [0.5, 0.6) is 0 Å². The van der Waals surface area contributed by atoms with Crippen molar-refractivity contribution in [3.8, 4) is 11.1 Å². The molecule has 2 heterocycles. The predicted molar refractivity (Wildman–Crippen MR) is 135 cm³/mol. The van der Waals surface area contributed by atoms with E-state index in [-0.39, 0.29) is 5.78 Å². The monoisotopic (exact) mass is 452 g/mol. The van der Waals surface area contributed by atoms with Gasteiger partial charge in [-0.15, -0.1) is 0 Å². The van der Waals surface area contributed by atoms with E-state index in [2.05, 4.69) is 51.8 Å². The van der Waals surface area contributed by atoms with Gasteiger partial charge in [-0.2, -0.15) is 0 Å². The molecule has 34 heavy (non-hydrogen) atoms. The Morgan fingerprint density at radius 1 is 0.912 bits per heavy atom. The molecule has 1 aliphatic carbocycles. The molecule has 0 aliphatic heterocycles. The number of ketones is 2. The molecule has 5 rings (SSSR count). The zero-order chi connectivity index (χ0) is 23.5. The highest BCUT2D eigenvalue weighted by atomic mass is 16.2. The fourth-order valence-corrected chi connectivity index (χ4v) is 4.38. The maximum Gasteiger partial charge on any atom is 0.224 e. The Morgan fingerprint density at radius 3 is 2.41 bits per heavy atom. The number of unbranched alkanes of at least 4 members (excludes halogenated alkanes) is 1. The van der Waals surface area contributed by atoms with Crippen molar-refractivity contribution in [1.82, 2.24) is 15.3 Å². The van der Waals surface area contributed by atoms with E-state index in [1.165, 1.54) is 18.4 Å². The van der Waals surface area contributed by atoms with Gasteiger partial charge in [0.2, 0.25) is 11.6 Å². The number of aromatic amines is 1. The summed E-state index contributed by atoms with van der Waals surface area (Å²) in [7, 11) is 0. The first-order valence-electron chi connectivity index (χ1n) is 11.8. The summed E-state index contributed by atoms with van der Waals surface area (Å²) >= 11 is 0. The lowest BCUT2D eigenvalue weighted by atomic mass is 9.82. The average Bonchev–Trinajstić information content (AvgIpc) is 3.30. The van der Waals surface area contributed by atoms with E-state index in [9.17, 15) is 9.59 Å². The molecule has 0 radical (unpaired) electrons. The summed E-state index contributed by atoms with van der Waals surface area (Å²) in [6.45, 7) is 2.72. The molecule has 4 aromatic rings. The van der Waals surface area contributed by atoms with E-state index in [1.807, 2.05) is 42.6 Å². The van der Waals surface area contributed by atoms with Crippen LogP contribution in [0.4, 0.5) is 5.69 Å². The Morgan fingerprint density at radius 2 is 1.65 bits per heavy atom. The average molecular weight is 453 g/mol. The van der Waals surface area contributed by atoms with E-state index >= 15 is 0 Å². The summed E-state index contributed by atoms with van der Waals surface area (Å²) in [5.74, 6) is -0.769. The van der Waals surface area contributed by atoms with Crippen LogP contribution in [0.1, 0.15) is 30.9 Å². The van der Waals surface area contributed by atoms with Crippen LogP contribution >= 0.6 is 0 Å². The fraction of sp³-hybridized carbons (Fsp3) is 0.250. The fourth-order valence-electron chi connectivity index (χ4n) is 4.38. The lowest BCUT2D eigenvalue weighted by Gasteiger charge is -2.34. The number of pyridine rings is 1. The van der Waals surface area contributed by atoms with Crippen molar-refractivity contribution in [3.05, 3.63) is 84.2 Å². The molecule has 0 bridgehead atoms. The molecule has 0 spiro atoms. The number of aromatic nitrogens is 2. The number of benzene rings is 2. The van der Waals surface area contributed by atoms with Gasteiger partial charge in [0, 0.05) is 29.9 Å². The van der Waals surface area contributed by atoms with Crippen LogP contribution in [0.25, 0.3) is 22.2 Å². The number of rotatable bonds is 9. The van der Waals surface area contributed by atoms with Crippen molar-refractivity contribution < 1.29 is 9.59 Å². The Hall–Kier alpha value is -3.77. The SMILES string of the molecule is CCCCc1ccc(CNC2C(=O)C(=O)C2Nc2c[nH]c3ncc(-c4ccccc4)cc23)cc1. The number of hydrogen-bond acceptors (Lipinski definition) is 5. The topological polar surface area (TPSA) is 86.9 Å². The van der Waals surface area contributed by atoms with Gasteiger partial charge in [0.1, 0.15) is 17.7 Å². The third-order valence-electron chi connectivity index (χ3n) is 6.46. The Labute approximate surface area is 198 Å². The third-order valence-corrected chi connectivity index (χ3v) is 6.46. The molecule has 0 amide bonds. The van der Waals surface area contributed by atoms with Crippen molar-refractivity contribution >= 4 is 28.3 Å². The van der Waals surface area contributed by atoms with Crippen LogP contribution in [-0.4, -0.2) is 33.6 Å². The Balaban J connectivity index is 1.29. The molecule has 2 atom stereocenters. The highest BCUT2D eigenvalue weighted by molar-refractivity contribution is 6.49. The summed E-state index contributed by atoms with van der Waals surface area (Å²) in [5.41, 5.74) is 5.96. The van der Waals surface area contributed by atoms with Gasteiger partial charge in [0.05, 0.1) is 5.69 Å². The summed E-state index contributed by atoms with van der Waals surface area (Å²) in [6, 6.07) is 19.4. The molecular weight excluding hydrogens is 424 g/mol. The number of fused-ring (bicyclic) bond motifs is 1. The third kappa shape index (κ3) is 4.37. The van der Waals surface area contributed by atoms with Gasteiger partial charge in [-0.25, -0.2) is 4.98 Å². The van der Waals surface area contributed by atoms with Gasteiger partial charge in [-0.05, 0) is 35.6 Å². The maximum absolute atomic E-state index is 12.4. The highest BCUT2D eigenvalue weighted by Gasteiger charge is 2.49. The first-order valence-corrected chi connectivity index (χ1v) is 11.8. The van der Waals surface area contributed by atoms with Gasteiger partial charge in [-0.1, -0.05) is 67.9 Å². The number of H-pyrrole nitrogens is 1. The normalized spacial score (nSPS) is 17.7. The van der Waals surface area contributed by atoms with Crippen molar-refractivity contribution in [3.63, 3.8) is 0 Å². The van der Waals surface area contributed by atoms with Gasteiger partial charge in [0.25, 0.3) is 0 Å². The predicted octanol–water partition coefficient (Wildman–Crippen LogP) is 4.66. The number of nitrogens with zero attached hydrogens (tertiary/aromatic N) is 1. The number of nitrogens with one attached hydrogen (secondary N) is 3. The number of carbonyl (C=O) groups is 2. The lowest BCUT2D eigenvalue weighted by Crippen LogP contribution is -2.66. The Kier molecular flexibility index (Phi) is 6.23. The minimum absolute atomic E-state index is 0.375. The summed E-state index contributed by atoms with van der Waals surface area (Å²) < 4.78 is 0. The first kappa shape index (κ1) is 22.0. The van der Waals surface area contributed by atoms with Crippen LogP contribution in [-0.2, 0) is 22.6 Å². The number of Topliss-reactive ketones (excluding diaryl/α,β-unsaturated/α-hetero) is 2. The second-order valence-corrected chi connectivity index (χ2v) is 8.82. The molecule has 1 saturated carbocycles. The molecule has 0 saturated heterocycles. The maximum atomic E-state index is 12.4. The molecule has 1 fully saturated rings. The molecule has 2 unspecified atom stereocenters. The van der Waals surface area contributed by atoms with Crippen LogP contribution in [0, 0.1) is 0 Å². The van der Waals surface area contributed by atoms with E-state index in [4.69, 9.17) is 0 Å². The number of carbonyl (C=O) groups excluding carboxylic acids is 2. The molecule has 2 aromatic carbocycles. The van der Waals surface area contributed by atoms with Gasteiger partial charge in [-0.3, -0.25) is 9.59 Å². The van der Waals surface area contributed by atoms with Crippen molar-refractivity contribution in [1.29, 1.82) is 0 Å². The number of anilines is 1. The summed E-state index contributed by atoms with van der Waals surface area (Å²) in [6.07, 6.45) is 7.06. The molecule has 172 valence electrons. The van der Waals surface area contributed by atoms with E-state index in [0.29, 0.717) is 6.54 Å². The Bertz CT molecular complexity index is 1310. The molecule has 6 heteroatoms. The lowest BCUT2D eigenvalue weighted by molar-refractivity contribution is -0.145. The zero-order valence-corrected chi connectivity index (χ0v) is 19.2. The first-order chi connectivity index (χ1) is 16.6. The molecule has 3 N–H and O–H groups in total. The largest absolute Gasteiger partial charge is 0.371 e. The van der Waals surface area contributed by atoms with Crippen LogP contribution in [0.2, 0.25) is 0 Å². The number of hydrogen-bond donors (Lipinski definition) is 3.